The van der Waals surface area contributed by atoms with E-state index in [4.69, 9.17) is 5.73 Å². The fraction of sp³-hybridized carbons (Fsp3) is 0.700. The number of allylic oxidation sites excluding steroid dienone is 4. The van der Waals surface area contributed by atoms with Crippen molar-refractivity contribution in [3.8, 4) is 0 Å². The number of rotatable bonds is 15. The summed E-state index contributed by atoms with van der Waals surface area (Å²) in [6.45, 7) is 1.99. The highest BCUT2D eigenvalue weighted by Gasteiger charge is 2.07. The monoisotopic (exact) mass is 337 g/mol. The van der Waals surface area contributed by atoms with Crippen LogP contribution < -0.4 is 5.73 Å². The average molecular weight is 338 g/mol. The largest absolute Gasteiger partial charge is 0.392 e. The molecule has 0 atom stereocenters. The minimum Gasteiger partial charge on any atom is -0.392 e. The van der Waals surface area contributed by atoms with Crippen LogP contribution in [0.3, 0.4) is 0 Å². The maximum absolute atomic E-state index is 11.2. The Hall–Kier alpha value is -1.42. The fourth-order valence-corrected chi connectivity index (χ4v) is 2.30. The highest BCUT2D eigenvalue weighted by atomic mass is 16.6. The molecule has 0 saturated heterocycles. The van der Waals surface area contributed by atoms with Gasteiger partial charge in [0.1, 0.15) is 0 Å². The molecule has 0 aromatic rings. The van der Waals surface area contributed by atoms with Crippen LogP contribution in [0, 0.1) is 0 Å². The van der Waals surface area contributed by atoms with Gasteiger partial charge in [0.25, 0.3) is 0 Å². The highest BCUT2D eigenvalue weighted by Crippen LogP contribution is 2.08. The lowest BCUT2D eigenvalue weighted by atomic mass is 10.1. The van der Waals surface area contributed by atoms with Gasteiger partial charge >= 0.3 is 11.9 Å². The minimum absolute atomic E-state index is 0.242. The zero-order valence-corrected chi connectivity index (χ0v) is 15.3. The molecule has 4 heteroatoms. The summed E-state index contributed by atoms with van der Waals surface area (Å²) in [5.74, 6) is -1.11. The number of hydrogen-bond donors (Lipinski definition) is 1. The van der Waals surface area contributed by atoms with Crippen LogP contribution in [0.5, 0.6) is 0 Å². The molecule has 0 aliphatic heterocycles. The van der Waals surface area contributed by atoms with E-state index < -0.39 is 11.9 Å². The van der Waals surface area contributed by atoms with E-state index in [2.05, 4.69) is 36.0 Å². The summed E-state index contributed by atoms with van der Waals surface area (Å²) < 4.78 is 4.50. The molecule has 0 saturated carbocycles. The number of esters is 2. The molecule has 0 spiro atoms. The summed E-state index contributed by atoms with van der Waals surface area (Å²) in [5.41, 5.74) is 5.07. The molecule has 0 aromatic carbocycles. The van der Waals surface area contributed by atoms with E-state index in [1.54, 1.807) is 0 Å². The van der Waals surface area contributed by atoms with Crippen molar-refractivity contribution in [1.29, 1.82) is 0 Å². The van der Waals surface area contributed by atoms with Crippen LogP contribution >= 0.6 is 0 Å². The molecule has 0 radical (unpaired) electrons. The predicted molar refractivity (Wildman–Crippen MR) is 99.5 cm³/mol. The van der Waals surface area contributed by atoms with Crippen LogP contribution in [-0.2, 0) is 14.3 Å². The van der Waals surface area contributed by atoms with Crippen LogP contribution in [0.25, 0.3) is 0 Å². The molecule has 138 valence electrons. The molecule has 2 N–H and O–H groups in total. The summed E-state index contributed by atoms with van der Waals surface area (Å²) in [5, 5.41) is 0. The molecule has 0 unspecified atom stereocenters. The molecule has 0 rings (SSSR count). The Morgan fingerprint density at radius 2 is 1.38 bits per heavy atom. The van der Waals surface area contributed by atoms with Gasteiger partial charge in [-0.1, -0.05) is 63.3 Å². The number of unbranched alkanes of at least 4 members (excludes halogenated alkanes) is 8. The number of nitrogens with two attached hydrogens (primary N) is 1. The lowest BCUT2D eigenvalue weighted by Crippen LogP contribution is -2.20. The Balaban J connectivity index is 3.31. The zero-order chi connectivity index (χ0) is 17.9. The first-order valence-electron chi connectivity index (χ1n) is 9.44. The van der Waals surface area contributed by atoms with Gasteiger partial charge in [-0.3, -0.25) is 9.59 Å². The van der Waals surface area contributed by atoms with E-state index in [1.165, 1.54) is 38.5 Å². The quantitative estimate of drug-likeness (QED) is 0.201. The Morgan fingerprint density at radius 3 is 2.00 bits per heavy atom. The maximum Gasteiger partial charge on any atom is 0.327 e. The van der Waals surface area contributed by atoms with Crippen molar-refractivity contribution >= 4 is 11.9 Å². The third kappa shape index (κ3) is 16.9. The van der Waals surface area contributed by atoms with Crippen LogP contribution in [0.2, 0.25) is 0 Å². The van der Waals surface area contributed by atoms with Crippen molar-refractivity contribution in [2.45, 2.75) is 84.0 Å². The predicted octanol–water partition coefficient (Wildman–Crippen LogP) is 4.83. The summed E-state index contributed by atoms with van der Waals surface area (Å²) in [7, 11) is 0. The SMILES string of the molecule is CCCCC/C=C\C/C=C\CCCCCCCC(=O)OC(=O)CN. The second kappa shape index (κ2) is 17.9. The van der Waals surface area contributed by atoms with Crippen molar-refractivity contribution in [3.63, 3.8) is 0 Å². The molecule has 0 fully saturated rings. The van der Waals surface area contributed by atoms with Gasteiger partial charge in [0.2, 0.25) is 0 Å². The van der Waals surface area contributed by atoms with Crippen molar-refractivity contribution in [1.82, 2.24) is 0 Å². The van der Waals surface area contributed by atoms with Gasteiger partial charge in [-0.05, 0) is 38.5 Å². The Bertz CT molecular complexity index is 375. The van der Waals surface area contributed by atoms with Crippen LogP contribution in [0.15, 0.2) is 24.3 Å². The summed E-state index contributed by atoms with van der Waals surface area (Å²) in [6, 6.07) is 0. The van der Waals surface area contributed by atoms with Crippen LogP contribution in [-0.4, -0.2) is 18.5 Å². The number of hydrogen-bond acceptors (Lipinski definition) is 4. The lowest BCUT2D eigenvalue weighted by Gasteiger charge is -2.01. The Kier molecular flexibility index (Phi) is 16.9. The molecule has 0 aliphatic carbocycles. The van der Waals surface area contributed by atoms with Crippen molar-refractivity contribution in [3.05, 3.63) is 24.3 Å². The minimum atomic E-state index is -0.650. The molecule has 0 aromatic heterocycles. The third-order valence-corrected chi connectivity index (χ3v) is 3.73. The topological polar surface area (TPSA) is 69.4 Å². The van der Waals surface area contributed by atoms with Crippen LogP contribution in [0.1, 0.15) is 84.0 Å². The standard InChI is InChI=1S/C20H35NO3/c1-2-3-4-5-6-7-8-9-10-11-12-13-14-15-16-17-19(22)24-20(23)18-21/h6-7,9-10H,2-5,8,11-18,21H2,1H3/b7-6-,10-9-. The first-order chi connectivity index (χ1) is 11.7. The molecule has 0 heterocycles. The second-order valence-electron chi connectivity index (χ2n) is 6.03. The first kappa shape index (κ1) is 22.6. The summed E-state index contributed by atoms with van der Waals surface area (Å²) in [6.07, 6.45) is 21.9. The molecule has 24 heavy (non-hydrogen) atoms. The highest BCUT2D eigenvalue weighted by molar-refractivity contribution is 5.86. The summed E-state index contributed by atoms with van der Waals surface area (Å²) >= 11 is 0. The molecule has 4 nitrogen and oxygen atoms in total. The van der Waals surface area contributed by atoms with E-state index in [-0.39, 0.29) is 6.54 Å². The van der Waals surface area contributed by atoms with Gasteiger partial charge in [0.05, 0.1) is 6.54 Å². The fourth-order valence-electron chi connectivity index (χ4n) is 2.30. The second-order valence-corrected chi connectivity index (χ2v) is 6.03. The molecular formula is C20H35NO3. The van der Waals surface area contributed by atoms with E-state index in [0.29, 0.717) is 6.42 Å². The van der Waals surface area contributed by atoms with E-state index in [0.717, 1.165) is 32.1 Å². The maximum atomic E-state index is 11.2. The molecular weight excluding hydrogens is 302 g/mol. The van der Waals surface area contributed by atoms with Crippen molar-refractivity contribution in [2.75, 3.05) is 6.54 Å². The van der Waals surface area contributed by atoms with Gasteiger partial charge in [-0.25, -0.2) is 0 Å². The first-order valence-corrected chi connectivity index (χ1v) is 9.44. The van der Waals surface area contributed by atoms with E-state index >= 15 is 0 Å². The van der Waals surface area contributed by atoms with Gasteiger partial charge in [-0.2, -0.15) is 0 Å². The van der Waals surface area contributed by atoms with E-state index in [9.17, 15) is 9.59 Å². The van der Waals surface area contributed by atoms with Gasteiger partial charge < -0.3 is 10.5 Å². The molecule has 0 aliphatic rings. The lowest BCUT2D eigenvalue weighted by molar-refractivity contribution is -0.158. The zero-order valence-electron chi connectivity index (χ0n) is 15.3. The number of carbonyl (C=O) groups excluding carboxylic acids is 2. The number of ether oxygens (including phenoxy) is 1. The smallest absolute Gasteiger partial charge is 0.327 e. The van der Waals surface area contributed by atoms with Crippen molar-refractivity contribution in [2.24, 2.45) is 5.73 Å². The van der Waals surface area contributed by atoms with E-state index in [1.807, 2.05) is 0 Å². The Morgan fingerprint density at radius 1 is 0.792 bits per heavy atom. The average Bonchev–Trinajstić information content (AvgIpc) is 2.58. The molecule has 0 amide bonds. The van der Waals surface area contributed by atoms with Crippen molar-refractivity contribution < 1.29 is 14.3 Å². The number of carbonyl (C=O) groups is 2. The Labute approximate surface area is 147 Å². The van der Waals surface area contributed by atoms with Crippen LogP contribution in [0.4, 0.5) is 0 Å². The van der Waals surface area contributed by atoms with Gasteiger partial charge in [0, 0.05) is 6.42 Å². The van der Waals surface area contributed by atoms with Gasteiger partial charge in [-0.15, -0.1) is 0 Å². The van der Waals surface area contributed by atoms with Gasteiger partial charge in [0.15, 0.2) is 0 Å². The third-order valence-electron chi connectivity index (χ3n) is 3.73. The normalized spacial score (nSPS) is 11.4. The summed E-state index contributed by atoms with van der Waals surface area (Å²) in [4.78, 5) is 22.0. The molecule has 0 bridgehead atoms.